The van der Waals surface area contributed by atoms with Crippen LogP contribution in [0.3, 0.4) is 0 Å². The van der Waals surface area contributed by atoms with E-state index >= 15 is 0 Å². The molecule has 0 spiro atoms. The van der Waals surface area contributed by atoms with E-state index in [1.165, 1.54) is 0 Å². The highest BCUT2D eigenvalue weighted by molar-refractivity contribution is 5.78. The zero-order valence-corrected chi connectivity index (χ0v) is 17.6. The highest BCUT2D eigenvalue weighted by Gasteiger charge is 2.33. The van der Waals surface area contributed by atoms with E-state index in [-0.39, 0.29) is 18.6 Å². The first-order chi connectivity index (χ1) is 15.8. The number of hydrogen-bond donors (Lipinski definition) is 0. The molecular formula is C25H24N4O3. The van der Waals surface area contributed by atoms with E-state index in [4.69, 9.17) is 9.47 Å². The van der Waals surface area contributed by atoms with E-state index in [0.29, 0.717) is 18.9 Å². The zero-order valence-electron chi connectivity index (χ0n) is 17.6. The molecular weight excluding hydrogens is 404 g/mol. The molecule has 0 bridgehead atoms. The van der Waals surface area contributed by atoms with Crippen LogP contribution in [0.2, 0.25) is 0 Å². The van der Waals surface area contributed by atoms with Crippen LogP contribution in [0.5, 0.6) is 11.5 Å². The van der Waals surface area contributed by atoms with Gasteiger partial charge in [-0.1, -0.05) is 36.4 Å². The number of amides is 1. The maximum atomic E-state index is 12.9. The Labute approximate surface area is 186 Å². The zero-order chi connectivity index (χ0) is 21.8. The van der Waals surface area contributed by atoms with E-state index in [9.17, 15) is 4.79 Å². The summed E-state index contributed by atoms with van der Waals surface area (Å²) in [5, 5.41) is 8.57. The molecule has 4 aromatic rings. The average Bonchev–Trinajstić information content (AvgIpc) is 3.49. The largest absolute Gasteiger partial charge is 0.489 e. The van der Waals surface area contributed by atoms with Crippen LogP contribution in [0.1, 0.15) is 30.3 Å². The third-order valence-electron chi connectivity index (χ3n) is 5.65. The van der Waals surface area contributed by atoms with Gasteiger partial charge < -0.3 is 14.4 Å². The quantitative estimate of drug-likeness (QED) is 0.444. The molecule has 162 valence electrons. The maximum absolute atomic E-state index is 12.9. The molecule has 0 radical (unpaired) electrons. The van der Waals surface area contributed by atoms with E-state index in [1.807, 2.05) is 88.3 Å². The molecule has 1 aliphatic rings. The van der Waals surface area contributed by atoms with Crippen LogP contribution in [0.4, 0.5) is 0 Å². The standard InChI is InChI=1S/C25H24N4O3/c30-24(28-16-6-9-22(28)25-27-26-23-10-4-5-15-29(23)25)18-32-21-13-11-20(12-14-21)31-17-19-7-2-1-3-8-19/h1-5,7-8,10-15,22H,6,9,16-18H2/t22-/m1/s1. The molecule has 0 saturated carbocycles. The van der Waals surface area contributed by atoms with Gasteiger partial charge in [0.25, 0.3) is 5.91 Å². The predicted molar refractivity (Wildman–Crippen MR) is 119 cm³/mol. The fourth-order valence-corrected chi connectivity index (χ4v) is 4.02. The van der Waals surface area contributed by atoms with Crippen LogP contribution in [-0.2, 0) is 11.4 Å². The summed E-state index contributed by atoms with van der Waals surface area (Å²) in [4.78, 5) is 14.8. The lowest BCUT2D eigenvalue weighted by atomic mass is 10.2. The second kappa shape index (κ2) is 9.09. The number of likely N-dealkylation sites (tertiary alicyclic amines) is 1. The second-order valence-electron chi connectivity index (χ2n) is 7.77. The van der Waals surface area contributed by atoms with Crippen molar-refractivity contribution >= 4 is 11.6 Å². The molecule has 1 amide bonds. The predicted octanol–water partition coefficient (Wildman–Crippen LogP) is 4.05. The van der Waals surface area contributed by atoms with Crippen molar-refractivity contribution in [3.05, 3.63) is 90.4 Å². The highest BCUT2D eigenvalue weighted by Crippen LogP contribution is 2.31. The number of pyridine rings is 1. The van der Waals surface area contributed by atoms with Gasteiger partial charge in [0, 0.05) is 12.7 Å². The Morgan fingerprint density at radius 2 is 1.66 bits per heavy atom. The van der Waals surface area contributed by atoms with Crippen LogP contribution in [0.15, 0.2) is 79.0 Å². The highest BCUT2D eigenvalue weighted by atomic mass is 16.5. The number of rotatable bonds is 7. The Morgan fingerprint density at radius 3 is 2.47 bits per heavy atom. The third kappa shape index (κ3) is 4.27. The number of nitrogens with zero attached hydrogens (tertiary/aromatic N) is 4. The molecule has 1 fully saturated rings. The lowest BCUT2D eigenvalue weighted by Crippen LogP contribution is -2.35. The molecule has 2 aromatic heterocycles. The molecule has 0 aliphatic carbocycles. The number of fused-ring (bicyclic) bond motifs is 1. The Balaban J connectivity index is 1.18. The summed E-state index contributed by atoms with van der Waals surface area (Å²) in [6, 6.07) is 23.0. The number of benzene rings is 2. The van der Waals surface area contributed by atoms with Crippen LogP contribution in [0.25, 0.3) is 5.65 Å². The SMILES string of the molecule is O=C(COc1ccc(OCc2ccccc2)cc1)N1CCC[C@@H]1c1nnc2ccccn12. The minimum atomic E-state index is -0.0859. The molecule has 7 heteroatoms. The molecule has 7 nitrogen and oxygen atoms in total. The number of carbonyl (C=O) groups excluding carboxylic acids is 1. The molecule has 1 aliphatic heterocycles. The first kappa shape index (κ1) is 20.1. The summed E-state index contributed by atoms with van der Waals surface area (Å²) < 4.78 is 13.5. The van der Waals surface area contributed by atoms with Crippen molar-refractivity contribution in [3.8, 4) is 11.5 Å². The van der Waals surface area contributed by atoms with Crippen molar-refractivity contribution in [2.45, 2.75) is 25.5 Å². The summed E-state index contributed by atoms with van der Waals surface area (Å²) in [6.07, 6.45) is 3.74. The maximum Gasteiger partial charge on any atom is 0.261 e. The summed E-state index contributed by atoms with van der Waals surface area (Å²) in [7, 11) is 0. The summed E-state index contributed by atoms with van der Waals surface area (Å²) >= 11 is 0. The summed E-state index contributed by atoms with van der Waals surface area (Å²) in [5.74, 6) is 2.14. The minimum Gasteiger partial charge on any atom is -0.489 e. The van der Waals surface area contributed by atoms with E-state index in [1.54, 1.807) is 0 Å². The van der Waals surface area contributed by atoms with Crippen molar-refractivity contribution in [1.82, 2.24) is 19.5 Å². The van der Waals surface area contributed by atoms with Crippen molar-refractivity contribution < 1.29 is 14.3 Å². The normalized spacial score (nSPS) is 15.8. The lowest BCUT2D eigenvalue weighted by Gasteiger charge is -2.23. The number of hydrogen-bond acceptors (Lipinski definition) is 5. The van der Waals surface area contributed by atoms with Gasteiger partial charge in [-0.2, -0.15) is 0 Å². The summed E-state index contributed by atoms with van der Waals surface area (Å²) in [5.41, 5.74) is 1.90. The fourth-order valence-electron chi connectivity index (χ4n) is 4.02. The van der Waals surface area contributed by atoms with Gasteiger partial charge in [-0.15, -0.1) is 10.2 Å². The van der Waals surface area contributed by atoms with Crippen LogP contribution in [-0.4, -0.2) is 38.6 Å². The van der Waals surface area contributed by atoms with Gasteiger partial charge in [-0.3, -0.25) is 9.20 Å². The van der Waals surface area contributed by atoms with Crippen molar-refractivity contribution in [1.29, 1.82) is 0 Å². The van der Waals surface area contributed by atoms with Crippen LogP contribution >= 0.6 is 0 Å². The second-order valence-corrected chi connectivity index (χ2v) is 7.77. The van der Waals surface area contributed by atoms with Gasteiger partial charge in [-0.05, 0) is 54.8 Å². The Kier molecular flexibility index (Phi) is 5.70. The van der Waals surface area contributed by atoms with Gasteiger partial charge >= 0.3 is 0 Å². The van der Waals surface area contributed by atoms with Gasteiger partial charge in [0.2, 0.25) is 0 Å². The fraction of sp³-hybridized carbons (Fsp3) is 0.240. The average molecular weight is 428 g/mol. The van der Waals surface area contributed by atoms with Gasteiger partial charge in [0.05, 0.1) is 6.04 Å². The smallest absolute Gasteiger partial charge is 0.261 e. The topological polar surface area (TPSA) is 69.0 Å². The molecule has 32 heavy (non-hydrogen) atoms. The first-order valence-electron chi connectivity index (χ1n) is 10.8. The first-order valence-corrected chi connectivity index (χ1v) is 10.8. The molecule has 1 saturated heterocycles. The molecule has 3 heterocycles. The van der Waals surface area contributed by atoms with Crippen LogP contribution in [0, 0.1) is 0 Å². The van der Waals surface area contributed by atoms with E-state index in [2.05, 4.69) is 10.2 Å². The van der Waals surface area contributed by atoms with Crippen molar-refractivity contribution in [2.24, 2.45) is 0 Å². The number of carbonyl (C=O) groups is 1. The van der Waals surface area contributed by atoms with Crippen molar-refractivity contribution in [2.75, 3.05) is 13.2 Å². The molecule has 1 atom stereocenters. The van der Waals surface area contributed by atoms with Gasteiger partial charge in [-0.25, -0.2) is 0 Å². The molecule has 5 rings (SSSR count). The van der Waals surface area contributed by atoms with Crippen LogP contribution < -0.4 is 9.47 Å². The van der Waals surface area contributed by atoms with Gasteiger partial charge in [0.1, 0.15) is 18.1 Å². The Hall–Kier alpha value is -3.87. The van der Waals surface area contributed by atoms with Crippen molar-refractivity contribution in [3.63, 3.8) is 0 Å². The third-order valence-corrected chi connectivity index (χ3v) is 5.65. The van der Waals surface area contributed by atoms with Gasteiger partial charge in [0.15, 0.2) is 18.1 Å². The molecule has 2 aromatic carbocycles. The summed E-state index contributed by atoms with van der Waals surface area (Å²) in [6.45, 7) is 1.19. The number of aromatic nitrogens is 3. The Bertz CT molecular complexity index is 1190. The van der Waals surface area contributed by atoms with E-state index < -0.39 is 0 Å². The lowest BCUT2D eigenvalue weighted by molar-refractivity contribution is -0.134. The minimum absolute atomic E-state index is 0.0164. The monoisotopic (exact) mass is 428 g/mol. The Morgan fingerprint density at radius 1 is 0.906 bits per heavy atom. The molecule has 0 N–H and O–H groups in total. The van der Waals surface area contributed by atoms with E-state index in [0.717, 1.165) is 35.6 Å². The molecule has 0 unspecified atom stereocenters. The number of ether oxygens (including phenoxy) is 2.